The van der Waals surface area contributed by atoms with Crippen LogP contribution in [0, 0.1) is 5.82 Å². The highest BCUT2D eigenvalue weighted by Crippen LogP contribution is 2.39. The zero-order chi connectivity index (χ0) is 18.8. The van der Waals surface area contributed by atoms with E-state index in [1.54, 1.807) is 38.5 Å². The van der Waals surface area contributed by atoms with Gasteiger partial charge in [-0.05, 0) is 24.3 Å². The zero-order valence-electron chi connectivity index (χ0n) is 14.6. The quantitative estimate of drug-likeness (QED) is 0.803. The molecule has 3 rings (SSSR count). The maximum absolute atomic E-state index is 14.4. The molecular weight excluding hydrogens is 359 g/mol. The molecule has 0 radical (unpaired) electrons. The number of nitrogens with zero attached hydrogens (tertiary/aromatic N) is 2. The van der Waals surface area contributed by atoms with Crippen LogP contribution in [0.5, 0.6) is 11.5 Å². The number of rotatable bonds is 4. The fraction of sp³-hybridized carbons (Fsp3) is 0.263. The standard InChI is InChI=1S/C19H18ClFN2O3/c1-11(24)23-17(19-14(20)5-4-6-15(19)21)10-16(22-23)13-8-7-12(25-2)9-18(13)26-3/h4-9,17H,10H2,1-3H3/t17-/m1/s1. The molecule has 1 aliphatic heterocycles. The first-order chi connectivity index (χ1) is 12.5. The van der Waals surface area contributed by atoms with Crippen molar-refractivity contribution in [3.63, 3.8) is 0 Å². The Labute approximate surface area is 156 Å². The normalized spacial score (nSPS) is 16.4. The molecule has 1 amide bonds. The molecule has 5 nitrogen and oxygen atoms in total. The van der Waals surface area contributed by atoms with Gasteiger partial charge in [0.05, 0.1) is 26.0 Å². The molecule has 136 valence electrons. The van der Waals surface area contributed by atoms with Crippen LogP contribution in [0.15, 0.2) is 41.5 Å². The van der Waals surface area contributed by atoms with Crippen molar-refractivity contribution in [1.29, 1.82) is 0 Å². The number of carbonyl (C=O) groups is 1. The van der Waals surface area contributed by atoms with E-state index in [2.05, 4.69) is 5.10 Å². The minimum absolute atomic E-state index is 0.260. The van der Waals surface area contributed by atoms with Gasteiger partial charge in [0.25, 0.3) is 0 Å². The van der Waals surface area contributed by atoms with Crippen LogP contribution in [-0.4, -0.2) is 30.8 Å². The van der Waals surface area contributed by atoms with Crippen molar-refractivity contribution in [3.05, 3.63) is 58.4 Å². The number of hydrazone groups is 1. The van der Waals surface area contributed by atoms with Gasteiger partial charge in [-0.15, -0.1) is 0 Å². The summed E-state index contributed by atoms with van der Waals surface area (Å²) in [5.74, 6) is 0.442. The first-order valence-corrected chi connectivity index (χ1v) is 8.37. The molecule has 26 heavy (non-hydrogen) atoms. The highest BCUT2D eigenvalue weighted by atomic mass is 35.5. The smallest absolute Gasteiger partial charge is 0.240 e. The van der Waals surface area contributed by atoms with Crippen molar-refractivity contribution < 1.29 is 18.7 Å². The first-order valence-electron chi connectivity index (χ1n) is 7.99. The molecule has 2 aromatic rings. The lowest BCUT2D eigenvalue weighted by Gasteiger charge is -2.21. The number of hydrogen-bond acceptors (Lipinski definition) is 4. The van der Waals surface area contributed by atoms with Gasteiger partial charge in [-0.25, -0.2) is 9.40 Å². The van der Waals surface area contributed by atoms with Gasteiger partial charge in [0.1, 0.15) is 17.3 Å². The minimum atomic E-state index is -0.608. The third-order valence-corrected chi connectivity index (χ3v) is 4.62. The van der Waals surface area contributed by atoms with Crippen molar-refractivity contribution in [2.75, 3.05) is 14.2 Å². The third kappa shape index (κ3) is 3.24. The SMILES string of the molecule is COc1ccc(C2=NN(C(C)=O)[C@@H](c3c(F)cccc3Cl)C2)c(OC)c1. The highest BCUT2D eigenvalue weighted by molar-refractivity contribution is 6.31. The van der Waals surface area contributed by atoms with Crippen LogP contribution >= 0.6 is 11.6 Å². The van der Waals surface area contributed by atoms with E-state index in [4.69, 9.17) is 21.1 Å². The predicted molar refractivity (Wildman–Crippen MR) is 97.4 cm³/mol. The number of benzene rings is 2. The van der Waals surface area contributed by atoms with Crippen LogP contribution in [-0.2, 0) is 4.79 Å². The number of amides is 1. The topological polar surface area (TPSA) is 51.1 Å². The summed E-state index contributed by atoms with van der Waals surface area (Å²) in [7, 11) is 3.11. The van der Waals surface area contributed by atoms with E-state index in [1.807, 2.05) is 0 Å². The van der Waals surface area contributed by atoms with Crippen molar-refractivity contribution in [1.82, 2.24) is 5.01 Å². The van der Waals surface area contributed by atoms with Crippen molar-refractivity contribution in [2.45, 2.75) is 19.4 Å². The molecule has 0 aliphatic carbocycles. The van der Waals surface area contributed by atoms with E-state index in [0.29, 0.717) is 23.6 Å². The fourth-order valence-electron chi connectivity index (χ4n) is 3.05. The summed E-state index contributed by atoms with van der Waals surface area (Å²) >= 11 is 6.20. The maximum Gasteiger partial charge on any atom is 0.240 e. The second kappa shape index (κ2) is 7.33. The van der Waals surface area contributed by atoms with E-state index in [9.17, 15) is 9.18 Å². The van der Waals surface area contributed by atoms with Crippen molar-refractivity contribution in [3.8, 4) is 11.5 Å². The van der Waals surface area contributed by atoms with E-state index >= 15 is 0 Å². The minimum Gasteiger partial charge on any atom is -0.497 e. The Morgan fingerprint density at radius 1 is 1.27 bits per heavy atom. The summed E-state index contributed by atoms with van der Waals surface area (Å²) in [6.07, 6.45) is 0.322. The zero-order valence-corrected chi connectivity index (χ0v) is 15.4. The number of carbonyl (C=O) groups excluding carboxylic acids is 1. The van der Waals surface area contributed by atoms with Crippen LogP contribution in [0.25, 0.3) is 0 Å². The monoisotopic (exact) mass is 376 g/mol. The Balaban J connectivity index is 2.04. The van der Waals surface area contributed by atoms with Crippen LogP contribution in [0.3, 0.4) is 0 Å². The Kier molecular flexibility index (Phi) is 5.13. The van der Waals surface area contributed by atoms with Crippen molar-refractivity contribution in [2.24, 2.45) is 5.10 Å². The van der Waals surface area contributed by atoms with Gasteiger partial charge >= 0.3 is 0 Å². The fourth-order valence-corrected chi connectivity index (χ4v) is 3.34. The van der Waals surface area contributed by atoms with Crippen LogP contribution < -0.4 is 9.47 Å². The van der Waals surface area contributed by atoms with E-state index in [1.165, 1.54) is 24.1 Å². The average molecular weight is 377 g/mol. The molecule has 0 spiro atoms. The third-order valence-electron chi connectivity index (χ3n) is 4.29. The average Bonchev–Trinajstić information content (AvgIpc) is 3.06. The van der Waals surface area contributed by atoms with Crippen molar-refractivity contribution >= 4 is 23.2 Å². The molecule has 7 heteroatoms. The summed E-state index contributed by atoms with van der Waals surface area (Å²) in [5.41, 5.74) is 1.59. The second-order valence-corrected chi connectivity index (χ2v) is 6.24. The maximum atomic E-state index is 14.4. The summed E-state index contributed by atoms with van der Waals surface area (Å²) in [5, 5.41) is 5.95. The lowest BCUT2D eigenvalue weighted by molar-refractivity contribution is -0.130. The Bertz CT molecular complexity index is 865. The van der Waals surface area contributed by atoms with Gasteiger partial charge in [0, 0.05) is 35.6 Å². The summed E-state index contributed by atoms with van der Waals surface area (Å²) in [4.78, 5) is 12.1. The van der Waals surface area contributed by atoms with Gasteiger partial charge in [0.2, 0.25) is 5.91 Å². The van der Waals surface area contributed by atoms with E-state index < -0.39 is 11.9 Å². The molecule has 1 atom stereocenters. The Hall–Kier alpha value is -2.60. The molecule has 0 saturated heterocycles. The van der Waals surface area contributed by atoms with Gasteiger partial charge in [-0.2, -0.15) is 5.10 Å². The number of hydrogen-bond donors (Lipinski definition) is 0. The molecule has 1 heterocycles. The van der Waals surface area contributed by atoms with Gasteiger partial charge in [-0.3, -0.25) is 4.79 Å². The molecule has 0 unspecified atom stereocenters. The molecule has 0 saturated carbocycles. The Morgan fingerprint density at radius 3 is 2.65 bits per heavy atom. The van der Waals surface area contributed by atoms with Crippen LogP contribution in [0.1, 0.15) is 30.5 Å². The van der Waals surface area contributed by atoms with E-state index in [-0.39, 0.29) is 16.5 Å². The lowest BCUT2D eigenvalue weighted by atomic mass is 9.97. The summed E-state index contributed by atoms with van der Waals surface area (Å²) in [6.45, 7) is 1.39. The number of methoxy groups -OCH3 is 2. The largest absolute Gasteiger partial charge is 0.497 e. The first kappa shape index (κ1) is 18.2. The van der Waals surface area contributed by atoms with Crippen LogP contribution in [0.2, 0.25) is 5.02 Å². The van der Waals surface area contributed by atoms with E-state index in [0.717, 1.165) is 5.56 Å². The van der Waals surface area contributed by atoms with Gasteiger partial charge in [0.15, 0.2) is 0 Å². The molecule has 0 N–H and O–H groups in total. The molecule has 0 aromatic heterocycles. The molecule has 0 bridgehead atoms. The Morgan fingerprint density at radius 2 is 2.04 bits per heavy atom. The lowest BCUT2D eigenvalue weighted by Crippen LogP contribution is -2.25. The summed E-state index contributed by atoms with van der Waals surface area (Å²) < 4.78 is 25.0. The second-order valence-electron chi connectivity index (χ2n) is 5.83. The summed E-state index contributed by atoms with van der Waals surface area (Å²) in [6, 6.07) is 9.17. The molecule has 0 fully saturated rings. The van der Waals surface area contributed by atoms with Crippen LogP contribution in [0.4, 0.5) is 4.39 Å². The number of ether oxygens (including phenoxy) is 2. The van der Waals surface area contributed by atoms with Gasteiger partial charge < -0.3 is 9.47 Å². The number of halogens is 2. The molecular formula is C19H18ClFN2O3. The molecule has 1 aliphatic rings. The van der Waals surface area contributed by atoms with Gasteiger partial charge in [-0.1, -0.05) is 17.7 Å². The highest BCUT2D eigenvalue weighted by Gasteiger charge is 2.35. The predicted octanol–water partition coefficient (Wildman–Crippen LogP) is 4.19. The molecule has 2 aromatic carbocycles.